The van der Waals surface area contributed by atoms with E-state index in [0.717, 1.165) is 0 Å². The van der Waals surface area contributed by atoms with E-state index >= 15 is 0 Å². The molecule has 1 aromatic rings. The summed E-state index contributed by atoms with van der Waals surface area (Å²) in [7, 11) is 0. The molecule has 2 rings (SSSR count). The van der Waals surface area contributed by atoms with E-state index in [-0.39, 0.29) is 15.5 Å². The molecule has 82 valence electrons. The first-order valence-corrected chi connectivity index (χ1v) is 5.79. The van der Waals surface area contributed by atoms with Crippen LogP contribution in [0.3, 0.4) is 0 Å². The Morgan fingerprint density at radius 3 is 2.47 bits per heavy atom. The Kier molecular flexibility index (Phi) is 1.99. The van der Waals surface area contributed by atoms with E-state index in [1.165, 1.54) is 5.69 Å². The van der Waals surface area contributed by atoms with E-state index in [1.54, 1.807) is 0 Å². The number of carbonyl (C=O) groups excluding carboxylic acids is 1. The molecule has 0 atom stereocenters. The lowest BCUT2D eigenvalue weighted by atomic mass is 10.1. The molecule has 2 N–H and O–H groups in total. The molecule has 4 heteroatoms. The van der Waals surface area contributed by atoms with Crippen LogP contribution in [0, 0.1) is 0 Å². The van der Waals surface area contributed by atoms with Gasteiger partial charge in [0.25, 0.3) is 0 Å². The third-order valence-corrected chi connectivity index (χ3v) is 4.22. The van der Waals surface area contributed by atoms with Gasteiger partial charge in [0.2, 0.25) is 5.91 Å². The molecule has 1 aliphatic heterocycles. The number of nitrogens with zero attached hydrogens (tertiary/aromatic N) is 1. The SMILES string of the molecule is CC1(C)SC(C)(C)n2cc(C(N)=O)cc21. The fraction of sp³-hybridized carbons (Fsp3) is 0.545. The molecular formula is C11H16N2OS. The number of amides is 1. The molecule has 3 nitrogen and oxygen atoms in total. The number of hydrogen-bond donors (Lipinski definition) is 1. The second-order valence-corrected chi connectivity index (χ2v) is 7.13. The van der Waals surface area contributed by atoms with Gasteiger partial charge in [-0.25, -0.2) is 0 Å². The zero-order chi connectivity index (χ0) is 11.4. The lowest BCUT2D eigenvalue weighted by Gasteiger charge is -2.22. The Hall–Kier alpha value is -0.900. The van der Waals surface area contributed by atoms with Crippen molar-refractivity contribution in [3.05, 3.63) is 23.5 Å². The maximum atomic E-state index is 11.1. The smallest absolute Gasteiger partial charge is 0.250 e. The van der Waals surface area contributed by atoms with Crippen LogP contribution in [0.2, 0.25) is 0 Å². The van der Waals surface area contributed by atoms with Crippen LogP contribution >= 0.6 is 11.8 Å². The van der Waals surface area contributed by atoms with Crippen molar-refractivity contribution >= 4 is 17.7 Å². The van der Waals surface area contributed by atoms with E-state index in [1.807, 2.05) is 24.0 Å². The highest BCUT2D eigenvalue weighted by molar-refractivity contribution is 8.01. The van der Waals surface area contributed by atoms with Crippen LogP contribution in [0.25, 0.3) is 0 Å². The lowest BCUT2D eigenvalue weighted by Crippen LogP contribution is -2.17. The minimum Gasteiger partial charge on any atom is -0.366 e. The van der Waals surface area contributed by atoms with Gasteiger partial charge in [-0.05, 0) is 33.8 Å². The van der Waals surface area contributed by atoms with Crippen LogP contribution in [-0.4, -0.2) is 10.5 Å². The molecule has 0 aliphatic carbocycles. The van der Waals surface area contributed by atoms with Crippen LogP contribution in [0.4, 0.5) is 0 Å². The zero-order valence-corrected chi connectivity index (χ0v) is 10.3. The summed E-state index contributed by atoms with van der Waals surface area (Å²) < 4.78 is 2.19. The highest BCUT2D eigenvalue weighted by Crippen LogP contribution is 2.53. The number of hydrogen-bond acceptors (Lipinski definition) is 2. The van der Waals surface area contributed by atoms with Crippen molar-refractivity contribution in [1.82, 2.24) is 4.57 Å². The fourth-order valence-electron chi connectivity index (χ4n) is 2.23. The summed E-state index contributed by atoms with van der Waals surface area (Å²) in [6, 6.07) is 1.91. The van der Waals surface area contributed by atoms with Crippen molar-refractivity contribution < 1.29 is 4.79 Å². The minimum atomic E-state index is -0.353. The van der Waals surface area contributed by atoms with E-state index in [0.29, 0.717) is 5.56 Å². The van der Waals surface area contributed by atoms with E-state index in [4.69, 9.17) is 5.73 Å². The van der Waals surface area contributed by atoms with Crippen molar-refractivity contribution in [3.8, 4) is 0 Å². The molecule has 0 fully saturated rings. The highest BCUT2D eigenvalue weighted by atomic mass is 32.2. The van der Waals surface area contributed by atoms with Crippen LogP contribution < -0.4 is 5.73 Å². The molecule has 0 spiro atoms. The summed E-state index contributed by atoms with van der Waals surface area (Å²) in [5, 5.41) is 0. The van der Waals surface area contributed by atoms with Gasteiger partial charge in [-0.1, -0.05) is 0 Å². The number of thioether (sulfide) groups is 1. The molecule has 0 bridgehead atoms. The third kappa shape index (κ3) is 1.47. The number of fused-ring (bicyclic) bond motifs is 1. The van der Waals surface area contributed by atoms with Crippen LogP contribution in [0.15, 0.2) is 12.3 Å². The maximum Gasteiger partial charge on any atom is 0.250 e. The maximum absolute atomic E-state index is 11.1. The number of primary amides is 1. The molecule has 1 aliphatic rings. The second-order valence-electron chi connectivity index (χ2n) is 4.91. The Labute approximate surface area is 94.0 Å². The first-order chi connectivity index (χ1) is 6.74. The predicted octanol–water partition coefficient (Wildman–Crippen LogP) is 2.26. The lowest BCUT2D eigenvalue weighted by molar-refractivity contribution is 0.1000. The Morgan fingerprint density at radius 1 is 1.40 bits per heavy atom. The van der Waals surface area contributed by atoms with Crippen LogP contribution in [-0.2, 0) is 9.62 Å². The van der Waals surface area contributed by atoms with Crippen molar-refractivity contribution in [1.29, 1.82) is 0 Å². The first kappa shape index (κ1) is 10.6. The van der Waals surface area contributed by atoms with Crippen molar-refractivity contribution in [2.75, 3.05) is 0 Å². The van der Waals surface area contributed by atoms with Gasteiger partial charge in [0, 0.05) is 11.9 Å². The summed E-state index contributed by atoms with van der Waals surface area (Å²) in [5.41, 5.74) is 7.07. The van der Waals surface area contributed by atoms with Crippen molar-refractivity contribution in [3.63, 3.8) is 0 Å². The van der Waals surface area contributed by atoms with Gasteiger partial charge < -0.3 is 10.3 Å². The fourth-order valence-corrected chi connectivity index (χ4v) is 3.99. The molecule has 15 heavy (non-hydrogen) atoms. The van der Waals surface area contributed by atoms with Gasteiger partial charge in [-0.15, -0.1) is 11.8 Å². The Bertz CT molecular complexity index is 400. The monoisotopic (exact) mass is 224 g/mol. The largest absolute Gasteiger partial charge is 0.366 e. The number of nitrogens with two attached hydrogens (primary N) is 1. The van der Waals surface area contributed by atoms with Crippen molar-refractivity contribution in [2.45, 2.75) is 37.3 Å². The minimum absolute atomic E-state index is 0.00741. The Balaban J connectivity index is 2.60. The summed E-state index contributed by atoms with van der Waals surface area (Å²) in [4.78, 5) is 11.1. The summed E-state index contributed by atoms with van der Waals surface area (Å²) in [5.74, 6) is -0.353. The molecule has 0 saturated carbocycles. The molecule has 1 aromatic heterocycles. The average Bonchev–Trinajstić information content (AvgIpc) is 2.50. The van der Waals surface area contributed by atoms with E-state index in [2.05, 4.69) is 32.3 Å². The third-order valence-electron chi connectivity index (χ3n) is 2.81. The molecule has 2 heterocycles. The van der Waals surface area contributed by atoms with Gasteiger partial charge in [0.05, 0.1) is 15.2 Å². The molecule has 1 amide bonds. The van der Waals surface area contributed by atoms with Crippen LogP contribution in [0.5, 0.6) is 0 Å². The summed E-state index contributed by atoms with van der Waals surface area (Å²) >= 11 is 1.89. The highest BCUT2D eigenvalue weighted by Gasteiger charge is 2.43. The van der Waals surface area contributed by atoms with E-state index < -0.39 is 0 Å². The second kappa shape index (κ2) is 2.82. The standard InChI is InChI=1S/C11H16N2OS/c1-10(2)8-5-7(9(12)14)6-13(8)11(3,4)15-10/h5-6H,1-4H3,(H2,12,14). The molecule has 0 unspecified atom stereocenters. The molecule has 0 aromatic carbocycles. The summed E-state index contributed by atoms with van der Waals surface area (Å²) in [6.45, 7) is 8.65. The van der Waals surface area contributed by atoms with Crippen molar-refractivity contribution in [2.24, 2.45) is 5.73 Å². The molecule has 0 radical (unpaired) electrons. The van der Waals surface area contributed by atoms with Crippen LogP contribution in [0.1, 0.15) is 43.7 Å². The normalized spacial score (nSPS) is 21.3. The van der Waals surface area contributed by atoms with E-state index in [9.17, 15) is 4.79 Å². The number of carbonyl (C=O) groups is 1. The first-order valence-electron chi connectivity index (χ1n) is 4.97. The van der Waals surface area contributed by atoms with Gasteiger partial charge in [-0.2, -0.15) is 0 Å². The molecular weight excluding hydrogens is 208 g/mol. The van der Waals surface area contributed by atoms with Gasteiger partial charge in [-0.3, -0.25) is 4.79 Å². The zero-order valence-electron chi connectivity index (χ0n) is 9.50. The number of aromatic nitrogens is 1. The van der Waals surface area contributed by atoms with Gasteiger partial charge in [0.1, 0.15) is 0 Å². The number of rotatable bonds is 1. The van der Waals surface area contributed by atoms with Gasteiger partial charge in [0.15, 0.2) is 0 Å². The molecule has 0 saturated heterocycles. The predicted molar refractivity (Wildman–Crippen MR) is 62.9 cm³/mol. The summed E-state index contributed by atoms with van der Waals surface area (Å²) in [6.07, 6.45) is 1.86. The average molecular weight is 224 g/mol. The quantitative estimate of drug-likeness (QED) is 0.795. The Morgan fingerprint density at radius 2 is 2.00 bits per heavy atom. The topological polar surface area (TPSA) is 48.0 Å². The van der Waals surface area contributed by atoms with Gasteiger partial charge >= 0.3 is 0 Å².